The summed E-state index contributed by atoms with van der Waals surface area (Å²) in [5, 5.41) is 0.0360. The Morgan fingerprint density at radius 2 is 1.96 bits per heavy atom. The van der Waals surface area contributed by atoms with Crippen LogP contribution in [0.2, 0.25) is 0 Å². The molecule has 3 rings (SSSR count). The number of nitrogens with zero attached hydrogens (tertiary/aromatic N) is 3. The van der Waals surface area contributed by atoms with Crippen molar-refractivity contribution in [2.24, 2.45) is 5.41 Å². The van der Waals surface area contributed by atoms with Crippen LogP contribution in [-0.2, 0) is 16.0 Å². The molecule has 5 nitrogen and oxygen atoms in total. The highest BCUT2D eigenvalue weighted by Gasteiger charge is 2.41. The molecule has 0 aliphatic carbocycles. The Morgan fingerprint density at radius 1 is 1.27 bits per heavy atom. The van der Waals surface area contributed by atoms with E-state index in [0.29, 0.717) is 6.42 Å². The van der Waals surface area contributed by atoms with Crippen molar-refractivity contribution in [3.63, 3.8) is 0 Å². The maximum Gasteiger partial charge on any atom is 0.235 e. The molecule has 0 bridgehead atoms. The molecule has 2 aliphatic heterocycles. The average Bonchev–Trinajstić information content (AvgIpc) is 2.69. The molecule has 0 saturated carbocycles. The molecule has 26 heavy (non-hydrogen) atoms. The highest BCUT2D eigenvalue weighted by atomic mass is 32.2. The lowest BCUT2D eigenvalue weighted by Crippen LogP contribution is -2.53. The van der Waals surface area contributed by atoms with Crippen molar-refractivity contribution in [1.82, 2.24) is 14.8 Å². The molecule has 0 radical (unpaired) electrons. The van der Waals surface area contributed by atoms with Crippen LogP contribution in [-0.4, -0.2) is 64.3 Å². The molecular formula is C20H29N3O2S. The van der Waals surface area contributed by atoms with E-state index in [9.17, 15) is 9.59 Å². The predicted octanol–water partition coefficient (Wildman–Crippen LogP) is 2.61. The molecule has 0 N–H and O–H groups in total. The lowest BCUT2D eigenvalue weighted by Gasteiger charge is -2.47. The van der Waals surface area contributed by atoms with E-state index < -0.39 is 0 Å². The Bertz CT molecular complexity index is 629. The van der Waals surface area contributed by atoms with E-state index in [2.05, 4.69) is 4.98 Å². The third-order valence-corrected chi connectivity index (χ3v) is 6.91. The maximum absolute atomic E-state index is 12.4. The first-order valence-electron chi connectivity index (χ1n) is 9.51. The summed E-state index contributed by atoms with van der Waals surface area (Å²) >= 11 is 1.61. The number of aromatic nitrogens is 1. The van der Waals surface area contributed by atoms with E-state index in [0.717, 1.165) is 51.9 Å². The molecule has 2 fully saturated rings. The van der Waals surface area contributed by atoms with Gasteiger partial charge in [0.1, 0.15) is 0 Å². The Kier molecular flexibility index (Phi) is 6.22. The van der Waals surface area contributed by atoms with Gasteiger partial charge in [0.05, 0.1) is 5.25 Å². The fraction of sp³-hybridized carbons (Fsp3) is 0.650. The fourth-order valence-electron chi connectivity index (χ4n) is 4.09. The molecule has 2 amide bonds. The average molecular weight is 376 g/mol. The zero-order valence-corrected chi connectivity index (χ0v) is 16.6. The zero-order chi connectivity index (χ0) is 18.6. The summed E-state index contributed by atoms with van der Waals surface area (Å²) in [4.78, 5) is 32.9. The summed E-state index contributed by atoms with van der Waals surface area (Å²) in [5.74, 6) is 0.535. The van der Waals surface area contributed by atoms with Gasteiger partial charge in [0.2, 0.25) is 11.8 Å². The Balaban J connectivity index is 1.56. The second kappa shape index (κ2) is 8.42. The van der Waals surface area contributed by atoms with Crippen molar-refractivity contribution >= 4 is 23.6 Å². The van der Waals surface area contributed by atoms with Gasteiger partial charge in [0.25, 0.3) is 0 Å². The van der Waals surface area contributed by atoms with Crippen LogP contribution in [0, 0.1) is 5.41 Å². The molecule has 1 spiro atoms. The van der Waals surface area contributed by atoms with Gasteiger partial charge in [-0.1, -0.05) is 0 Å². The second-order valence-electron chi connectivity index (χ2n) is 7.62. The molecule has 1 aromatic rings. The van der Waals surface area contributed by atoms with Gasteiger partial charge >= 0.3 is 0 Å². The van der Waals surface area contributed by atoms with E-state index in [1.807, 2.05) is 35.1 Å². The third-order valence-electron chi connectivity index (χ3n) is 6.01. The van der Waals surface area contributed by atoms with Gasteiger partial charge in [-0.2, -0.15) is 11.8 Å². The van der Waals surface area contributed by atoms with Gasteiger partial charge in [-0.05, 0) is 62.0 Å². The monoisotopic (exact) mass is 375 g/mol. The topological polar surface area (TPSA) is 53.5 Å². The summed E-state index contributed by atoms with van der Waals surface area (Å²) in [5.41, 5.74) is 1.42. The minimum Gasteiger partial charge on any atom is -0.342 e. The molecule has 1 atom stereocenters. The van der Waals surface area contributed by atoms with Crippen LogP contribution in [0.3, 0.4) is 0 Å². The SMILES string of the molecule is CS[C@@H](C)C(=O)N1CCC2(CCC(=O)N(CCc3ccncc3)C2)CC1. The largest absolute Gasteiger partial charge is 0.342 e. The van der Waals surface area contributed by atoms with E-state index >= 15 is 0 Å². The number of pyridine rings is 1. The lowest BCUT2D eigenvalue weighted by atomic mass is 9.72. The first kappa shape index (κ1) is 19.2. The van der Waals surface area contributed by atoms with Crippen LogP contribution in [0.1, 0.15) is 38.2 Å². The normalized spacial score (nSPS) is 21.1. The van der Waals surface area contributed by atoms with Crippen molar-refractivity contribution in [3.05, 3.63) is 30.1 Å². The van der Waals surface area contributed by atoms with Gasteiger partial charge in [-0.15, -0.1) is 0 Å². The first-order chi connectivity index (χ1) is 12.5. The number of likely N-dealkylation sites (tertiary alicyclic amines) is 2. The minimum atomic E-state index is 0.0360. The van der Waals surface area contributed by atoms with Crippen molar-refractivity contribution < 1.29 is 9.59 Å². The molecule has 0 aromatic carbocycles. The molecule has 2 aliphatic rings. The van der Waals surface area contributed by atoms with Gasteiger partial charge in [-0.25, -0.2) is 0 Å². The Hall–Kier alpha value is -1.56. The smallest absolute Gasteiger partial charge is 0.235 e. The number of thioether (sulfide) groups is 1. The summed E-state index contributed by atoms with van der Waals surface area (Å²) in [6.45, 7) is 5.26. The van der Waals surface area contributed by atoms with Crippen LogP contribution >= 0.6 is 11.8 Å². The van der Waals surface area contributed by atoms with Crippen LogP contribution in [0.15, 0.2) is 24.5 Å². The lowest BCUT2D eigenvalue weighted by molar-refractivity contribution is -0.142. The number of amides is 2. The molecule has 3 heterocycles. The van der Waals surface area contributed by atoms with E-state index in [-0.39, 0.29) is 22.5 Å². The standard InChI is InChI=1S/C20H29N3O2S/c1-16(26-2)19(25)22-13-8-20(9-14-22)7-3-18(24)23(15-20)12-6-17-4-10-21-11-5-17/h4-5,10-11,16H,3,6-9,12-15H2,1-2H3/t16-/m0/s1. The van der Waals surface area contributed by atoms with Crippen molar-refractivity contribution in [2.45, 2.75) is 44.3 Å². The van der Waals surface area contributed by atoms with Crippen molar-refractivity contribution in [3.8, 4) is 0 Å². The molecule has 2 saturated heterocycles. The number of rotatable bonds is 5. The highest BCUT2D eigenvalue weighted by molar-refractivity contribution is 7.99. The molecular weight excluding hydrogens is 346 g/mol. The van der Waals surface area contributed by atoms with Gasteiger partial charge in [0.15, 0.2) is 0 Å². The molecule has 1 aromatic heterocycles. The number of hydrogen-bond donors (Lipinski definition) is 0. The minimum absolute atomic E-state index is 0.0360. The van der Waals surface area contributed by atoms with Crippen LogP contribution in [0.4, 0.5) is 0 Å². The van der Waals surface area contributed by atoms with E-state index in [1.165, 1.54) is 5.56 Å². The highest BCUT2D eigenvalue weighted by Crippen LogP contribution is 2.40. The third kappa shape index (κ3) is 4.40. The summed E-state index contributed by atoms with van der Waals surface area (Å²) in [7, 11) is 0. The van der Waals surface area contributed by atoms with Gasteiger partial charge in [-0.3, -0.25) is 14.6 Å². The summed E-state index contributed by atoms with van der Waals surface area (Å²) in [6.07, 6.45) is 10.1. The molecule has 6 heteroatoms. The first-order valence-corrected chi connectivity index (χ1v) is 10.8. The number of hydrogen-bond acceptors (Lipinski definition) is 4. The predicted molar refractivity (Wildman–Crippen MR) is 105 cm³/mol. The Morgan fingerprint density at radius 3 is 2.62 bits per heavy atom. The van der Waals surface area contributed by atoms with Crippen LogP contribution in [0.5, 0.6) is 0 Å². The number of carbonyl (C=O) groups excluding carboxylic acids is 2. The van der Waals surface area contributed by atoms with Crippen molar-refractivity contribution in [2.75, 3.05) is 32.4 Å². The van der Waals surface area contributed by atoms with Crippen molar-refractivity contribution in [1.29, 1.82) is 0 Å². The van der Waals surface area contributed by atoms with Gasteiger partial charge in [0, 0.05) is 45.0 Å². The fourth-order valence-corrected chi connectivity index (χ4v) is 4.44. The maximum atomic E-state index is 12.4. The zero-order valence-electron chi connectivity index (χ0n) is 15.8. The van der Waals surface area contributed by atoms with Crippen LogP contribution < -0.4 is 0 Å². The quantitative estimate of drug-likeness (QED) is 0.794. The molecule has 0 unspecified atom stereocenters. The van der Waals surface area contributed by atoms with Gasteiger partial charge < -0.3 is 9.80 Å². The summed E-state index contributed by atoms with van der Waals surface area (Å²) in [6, 6.07) is 4.03. The van der Waals surface area contributed by atoms with E-state index in [4.69, 9.17) is 0 Å². The number of piperidine rings is 2. The number of carbonyl (C=O) groups is 2. The second-order valence-corrected chi connectivity index (χ2v) is 8.80. The van der Waals surface area contributed by atoms with Crippen LogP contribution in [0.25, 0.3) is 0 Å². The summed E-state index contributed by atoms with van der Waals surface area (Å²) < 4.78 is 0. The molecule has 142 valence electrons. The van der Waals surface area contributed by atoms with E-state index in [1.54, 1.807) is 24.2 Å². The Labute approximate surface area is 160 Å².